The number of nitrogens with zero attached hydrogens (tertiary/aromatic N) is 2. The van der Waals surface area contributed by atoms with Crippen LogP contribution in [0, 0.1) is 5.82 Å². The molecule has 1 unspecified atom stereocenters. The number of benzene rings is 3. The van der Waals surface area contributed by atoms with Crippen molar-refractivity contribution in [1.82, 2.24) is 9.78 Å². The summed E-state index contributed by atoms with van der Waals surface area (Å²) in [5.74, 6) is -0.545. The fourth-order valence-corrected chi connectivity index (χ4v) is 6.19. The van der Waals surface area contributed by atoms with Crippen LogP contribution in [0.2, 0.25) is 0 Å². The Balaban J connectivity index is 1.30. The van der Waals surface area contributed by atoms with Gasteiger partial charge in [0, 0.05) is 34.9 Å². The van der Waals surface area contributed by atoms with Crippen LogP contribution < -0.4 is 9.47 Å². The lowest BCUT2D eigenvalue weighted by atomic mass is 9.90. The lowest BCUT2D eigenvalue weighted by Gasteiger charge is -2.21. The summed E-state index contributed by atoms with van der Waals surface area (Å²) >= 11 is 0. The summed E-state index contributed by atoms with van der Waals surface area (Å²) in [5.41, 5.74) is 0.953. The molecule has 1 aromatic heterocycles. The highest BCUT2D eigenvalue weighted by atomic mass is 19.4. The number of carbonyl (C=O) groups excluding carboxylic acids is 1. The summed E-state index contributed by atoms with van der Waals surface area (Å²) in [6.07, 6.45) is -1.53. The van der Waals surface area contributed by atoms with Crippen LogP contribution in [0.1, 0.15) is 61.0 Å². The predicted molar refractivity (Wildman–Crippen MR) is 157 cm³/mol. The lowest BCUT2D eigenvalue weighted by molar-refractivity contribution is -0.141. The fraction of sp³-hybridized carbons (Fsp3) is 0.353. The van der Waals surface area contributed by atoms with E-state index in [1.54, 1.807) is 73.4 Å². The summed E-state index contributed by atoms with van der Waals surface area (Å²) < 4.78 is 76.6. The van der Waals surface area contributed by atoms with Crippen molar-refractivity contribution >= 4 is 5.97 Å². The van der Waals surface area contributed by atoms with E-state index in [4.69, 9.17) is 14.2 Å². The van der Waals surface area contributed by atoms with Gasteiger partial charge in [0.15, 0.2) is 0 Å². The lowest BCUT2D eigenvalue weighted by Crippen LogP contribution is -2.26. The topological polar surface area (TPSA) is 82.8 Å². The van der Waals surface area contributed by atoms with Gasteiger partial charge in [-0.05, 0) is 61.1 Å². The zero-order chi connectivity index (χ0) is 32.1. The minimum atomic E-state index is -4.78. The smallest absolute Gasteiger partial charge is 0.417 e. The summed E-state index contributed by atoms with van der Waals surface area (Å²) in [5, 5.41) is 14.3. The predicted octanol–water partition coefficient (Wildman–Crippen LogP) is 7.25. The highest BCUT2D eigenvalue weighted by Crippen LogP contribution is 2.48. The Morgan fingerprint density at radius 1 is 1.09 bits per heavy atom. The number of hydrogen-bond acceptors (Lipinski definition) is 6. The van der Waals surface area contributed by atoms with Gasteiger partial charge in [0.2, 0.25) is 0 Å². The number of aromatic nitrogens is 2. The first-order valence-corrected chi connectivity index (χ1v) is 14.6. The Bertz CT molecular complexity index is 1740. The van der Waals surface area contributed by atoms with Crippen LogP contribution in [-0.2, 0) is 28.7 Å². The third kappa shape index (κ3) is 6.26. The molecule has 0 bridgehead atoms. The summed E-state index contributed by atoms with van der Waals surface area (Å²) in [4.78, 5) is 11.7. The fourth-order valence-electron chi connectivity index (χ4n) is 6.19. The van der Waals surface area contributed by atoms with E-state index in [9.17, 15) is 23.1 Å². The van der Waals surface area contributed by atoms with Crippen LogP contribution >= 0.6 is 0 Å². The maximum absolute atomic E-state index is 15.5. The highest BCUT2D eigenvalue weighted by molar-refractivity contribution is 5.77. The van der Waals surface area contributed by atoms with Gasteiger partial charge in [0.05, 0.1) is 44.0 Å². The molecule has 0 amide bonds. The Kier molecular flexibility index (Phi) is 7.84. The Morgan fingerprint density at radius 3 is 2.51 bits per heavy atom. The number of halogens is 4. The number of rotatable bonds is 8. The summed E-state index contributed by atoms with van der Waals surface area (Å²) in [6, 6.07) is 12.3. The zero-order valence-electron chi connectivity index (χ0n) is 25.0. The van der Waals surface area contributed by atoms with E-state index in [-0.39, 0.29) is 48.0 Å². The monoisotopic (exact) mass is 624 g/mol. The molecule has 1 N–H and O–H groups in total. The summed E-state index contributed by atoms with van der Waals surface area (Å²) in [6.45, 7) is 3.92. The van der Waals surface area contributed by atoms with E-state index < -0.39 is 29.3 Å². The second-order valence-electron chi connectivity index (χ2n) is 12.1. The summed E-state index contributed by atoms with van der Waals surface area (Å²) in [7, 11) is 1.32. The van der Waals surface area contributed by atoms with Crippen LogP contribution in [0.4, 0.5) is 17.6 Å². The molecule has 0 fully saturated rings. The highest BCUT2D eigenvalue weighted by Gasteiger charge is 2.40. The van der Waals surface area contributed by atoms with Crippen molar-refractivity contribution in [3.05, 3.63) is 89.0 Å². The zero-order valence-corrected chi connectivity index (χ0v) is 25.0. The third-order valence-corrected chi connectivity index (χ3v) is 8.18. The number of aliphatic hydroxyl groups is 1. The molecule has 0 saturated carbocycles. The average Bonchev–Trinajstić information content (AvgIpc) is 3.71. The van der Waals surface area contributed by atoms with Crippen molar-refractivity contribution in [3.8, 4) is 33.8 Å². The molecular formula is C34H32F4N2O5. The van der Waals surface area contributed by atoms with Gasteiger partial charge in [0.25, 0.3) is 0 Å². The first-order chi connectivity index (χ1) is 21.3. The number of hydrogen-bond donors (Lipinski definition) is 1. The minimum absolute atomic E-state index is 0.0581. The molecular weight excluding hydrogens is 592 g/mol. The SMILES string of the molecule is COC(=O)CC1COc2cc(O[C@@H]3CCc4c(-c5ccc(-c6cnn(CC(C)(C)O)c6)cc5)c(C(F)(F)F)cc(F)c43)ccc21. The standard InChI is InChI=1S/C34H32F4N2O5/c1-33(2,42)18-40-16-22(15-39-40)19-4-6-20(7-5-19)31-25-10-11-28(32(25)27(35)14-26(31)34(36,37)38)45-23-8-9-24-21(12-30(41)43-3)17-44-29(24)13-23/h4-9,13-16,21,28,42H,10-12,17-18H2,1-3H3/t21?,28-/m1/s1. The molecule has 0 radical (unpaired) electrons. The van der Waals surface area contributed by atoms with Crippen molar-refractivity contribution in [2.24, 2.45) is 0 Å². The molecule has 3 aromatic carbocycles. The number of esters is 1. The third-order valence-electron chi connectivity index (χ3n) is 8.18. The van der Waals surface area contributed by atoms with E-state index in [1.165, 1.54) is 7.11 Å². The normalized spacial score (nSPS) is 17.5. The molecule has 1 aliphatic carbocycles. The van der Waals surface area contributed by atoms with E-state index in [0.717, 1.165) is 16.7 Å². The molecule has 2 heterocycles. The number of fused-ring (bicyclic) bond motifs is 2. The van der Waals surface area contributed by atoms with Gasteiger partial charge in [-0.25, -0.2) is 4.39 Å². The van der Waals surface area contributed by atoms with Gasteiger partial charge in [-0.15, -0.1) is 0 Å². The van der Waals surface area contributed by atoms with E-state index in [2.05, 4.69) is 5.10 Å². The molecule has 45 heavy (non-hydrogen) atoms. The van der Waals surface area contributed by atoms with E-state index >= 15 is 4.39 Å². The van der Waals surface area contributed by atoms with Gasteiger partial charge >= 0.3 is 12.1 Å². The Hall–Kier alpha value is -4.38. The van der Waals surface area contributed by atoms with Gasteiger partial charge in [0.1, 0.15) is 23.4 Å². The first kappa shape index (κ1) is 30.6. The van der Waals surface area contributed by atoms with Crippen molar-refractivity contribution in [2.45, 2.75) is 63.5 Å². The number of carbonyl (C=O) groups is 1. The van der Waals surface area contributed by atoms with Crippen LogP contribution in [0.5, 0.6) is 11.5 Å². The second-order valence-corrected chi connectivity index (χ2v) is 12.1. The molecule has 2 atom stereocenters. The van der Waals surface area contributed by atoms with Crippen LogP contribution in [0.15, 0.2) is 60.9 Å². The molecule has 0 spiro atoms. The van der Waals surface area contributed by atoms with Crippen LogP contribution in [0.25, 0.3) is 22.3 Å². The Labute approximate surface area is 257 Å². The van der Waals surface area contributed by atoms with Gasteiger partial charge in [-0.2, -0.15) is 18.3 Å². The number of alkyl halides is 3. The quantitative estimate of drug-likeness (QED) is 0.164. The van der Waals surface area contributed by atoms with Crippen molar-refractivity contribution in [2.75, 3.05) is 13.7 Å². The number of methoxy groups -OCH3 is 1. The molecule has 2 aliphatic rings. The average molecular weight is 625 g/mol. The van der Waals surface area contributed by atoms with Crippen molar-refractivity contribution in [3.63, 3.8) is 0 Å². The maximum atomic E-state index is 15.5. The maximum Gasteiger partial charge on any atom is 0.417 e. The van der Waals surface area contributed by atoms with Crippen LogP contribution in [-0.4, -0.2) is 40.2 Å². The molecule has 4 aromatic rings. The van der Waals surface area contributed by atoms with Gasteiger partial charge in [-0.1, -0.05) is 30.3 Å². The molecule has 0 saturated heterocycles. The second kappa shape index (κ2) is 11.5. The Morgan fingerprint density at radius 2 is 1.82 bits per heavy atom. The molecule has 7 nitrogen and oxygen atoms in total. The largest absolute Gasteiger partial charge is 0.492 e. The number of ether oxygens (including phenoxy) is 3. The molecule has 1 aliphatic heterocycles. The molecule has 11 heteroatoms. The van der Waals surface area contributed by atoms with Crippen LogP contribution in [0.3, 0.4) is 0 Å². The van der Waals surface area contributed by atoms with Gasteiger partial charge in [-0.3, -0.25) is 9.48 Å². The molecule has 236 valence electrons. The van der Waals surface area contributed by atoms with E-state index in [0.29, 0.717) is 36.2 Å². The van der Waals surface area contributed by atoms with Crippen molar-refractivity contribution < 1.29 is 41.7 Å². The molecule has 6 rings (SSSR count). The van der Waals surface area contributed by atoms with Gasteiger partial charge < -0.3 is 19.3 Å². The van der Waals surface area contributed by atoms with E-state index in [1.807, 2.05) is 0 Å². The minimum Gasteiger partial charge on any atom is -0.492 e. The van der Waals surface area contributed by atoms with Crippen molar-refractivity contribution in [1.29, 1.82) is 0 Å². The first-order valence-electron chi connectivity index (χ1n) is 14.6.